The Morgan fingerprint density at radius 2 is 1.95 bits per heavy atom. The van der Waals surface area contributed by atoms with Gasteiger partial charge >= 0.3 is 0 Å². The Labute approximate surface area is 114 Å². The summed E-state index contributed by atoms with van der Waals surface area (Å²) in [6.45, 7) is 2.95. The van der Waals surface area contributed by atoms with E-state index in [0.717, 1.165) is 0 Å². The summed E-state index contributed by atoms with van der Waals surface area (Å²) in [6, 6.07) is 5.48. The minimum absolute atomic E-state index is 0.0132. The fourth-order valence-corrected chi connectivity index (χ4v) is 1.71. The molecule has 5 nitrogen and oxygen atoms in total. The Morgan fingerprint density at radius 1 is 1.20 bits per heavy atom. The summed E-state index contributed by atoms with van der Waals surface area (Å²) in [4.78, 5) is 22.9. The quantitative estimate of drug-likeness (QED) is 0.905. The fraction of sp³-hybridized carbons (Fsp3) is 0.143. The highest BCUT2D eigenvalue weighted by Gasteiger charge is 2.12. The van der Waals surface area contributed by atoms with Gasteiger partial charge in [0.15, 0.2) is 0 Å². The molecule has 2 amide bonds. The largest absolute Gasteiger partial charge is 0.469 e. The highest BCUT2D eigenvalue weighted by Crippen LogP contribution is 2.20. The van der Waals surface area contributed by atoms with Crippen molar-refractivity contribution in [3.63, 3.8) is 0 Å². The van der Waals surface area contributed by atoms with Crippen LogP contribution in [0.15, 0.2) is 34.9 Å². The van der Waals surface area contributed by atoms with Crippen LogP contribution in [0, 0.1) is 12.7 Å². The SMILES string of the molecule is CC(=O)Nc1cc(NC(=O)c2ccoc2C)ccc1F. The van der Waals surface area contributed by atoms with Crippen LogP contribution < -0.4 is 10.6 Å². The summed E-state index contributed by atoms with van der Waals surface area (Å²) < 4.78 is 18.5. The predicted octanol–water partition coefficient (Wildman–Crippen LogP) is 2.94. The first-order chi connectivity index (χ1) is 9.47. The number of hydrogen-bond acceptors (Lipinski definition) is 3. The summed E-state index contributed by atoms with van der Waals surface area (Å²) in [5.41, 5.74) is 0.787. The smallest absolute Gasteiger partial charge is 0.259 e. The molecule has 20 heavy (non-hydrogen) atoms. The normalized spacial score (nSPS) is 10.2. The van der Waals surface area contributed by atoms with Crippen molar-refractivity contribution in [2.24, 2.45) is 0 Å². The zero-order valence-electron chi connectivity index (χ0n) is 11.0. The van der Waals surface area contributed by atoms with Crippen molar-refractivity contribution >= 4 is 23.2 Å². The van der Waals surface area contributed by atoms with E-state index in [1.54, 1.807) is 13.0 Å². The van der Waals surface area contributed by atoms with E-state index in [1.807, 2.05) is 0 Å². The molecule has 0 aliphatic rings. The van der Waals surface area contributed by atoms with Gasteiger partial charge in [-0.2, -0.15) is 0 Å². The second-order valence-corrected chi connectivity index (χ2v) is 4.22. The van der Waals surface area contributed by atoms with Crippen molar-refractivity contribution < 1.29 is 18.4 Å². The van der Waals surface area contributed by atoms with Crippen molar-refractivity contribution in [2.45, 2.75) is 13.8 Å². The molecule has 0 fully saturated rings. The van der Waals surface area contributed by atoms with E-state index in [1.165, 1.54) is 31.4 Å². The van der Waals surface area contributed by atoms with E-state index >= 15 is 0 Å². The molecule has 0 aliphatic carbocycles. The van der Waals surface area contributed by atoms with Crippen molar-refractivity contribution in [3.05, 3.63) is 47.7 Å². The van der Waals surface area contributed by atoms with Gasteiger partial charge in [0, 0.05) is 12.6 Å². The Morgan fingerprint density at radius 3 is 2.55 bits per heavy atom. The van der Waals surface area contributed by atoms with Crippen molar-refractivity contribution in [1.29, 1.82) is 0 Å². The molecule has 0 atom stereocenters. The van der Waals surface area contributed by atoms with Gasteiger partial charge in [0.1, 0.15) is 11.6 Å². The number of furan rings is 1. The van der Waals surface area contributed by atoms with Gasteiger partial charge in [-0.15, -0.1) is 0 Å². The van der Waals surface area contributed by atoms with Crippen LogP contribution >= 0.6 is 0 Å². The highest BCUT2D eigenvalue weighted by molar-refractivity contribution is 6.05. The van der Waals surface area contributed by atoms with E-state index in [-0.39, 0.29) is 11.6 Å². The zero-order valence-corrected chi connectivity index (χ0v) is 11.0. The minimum atomic E-state index is -0.572. The Balaban J connectivity index is 2.20. The van der Waals surface area contributed by atoms with Crippen molar-refractivity contribution in [3.8, 4) is 0 Å². The Kier molecular flexibility index (Phi) is 3.84. The number of aryl methyl sites for hydroxylation is 1. The molecule has 0 saturated heterocycles. The molecule has 1 heterocycles. The molecule has 1 aromatic carbocycles. The van der Waals surface area contributed by atoms with Gasteiger partial charge in [-0.25, -0.2) is 4.39 Å². The maximum absolute atomic E-state index is 13.5. The molecule has 0 spiro atoms. The topological polar surface area (TPSA) is 71.3 Å². The first-order valence-corrected chi connectivity index (χ1v) is 5.90. The zero-order chi connectivity index (χ0) is 14.7. The number of rotatable bonds is 3. The molecule has 6 heteroatoms. The number of carbonyl (C=O) groups excluding carboxylic acids is 2. The molecular weight excluding hydrogens is 263 g/mol. The molecule has 2 N–H and O–H groups in total. The van der Waals surface area contributed by atoms with Gasteiger partial charge in [-0.05, 0) is 31.2 Å². The van der Waals surface area contributed by atoms with Crippen LogP contribution in [0.1, 0.15) is 23.0 Å². The Bertz CT molecular complexity index is 664. The lowest BCUT2D eigenvalue weighted by Gasteiger charge is -2.08. The van der Waals surface area contributed by atoms with Crippen LogP contribution in [0.2, 0.25) is 0 Å². The average molecular weight is 276 g/mol. The van der Waals surface area contributed by atoms with Gasteiger partial charge in [0.05, 0.1) is 17.5 Å². The third kappa shape index (κ3) is 3.03. The molecule has 0 bridgehead atoms. The van der Waals surface area contributed by atoms with Crippen LogP contribution in [0.25, 0.3) is 0 Å². The molecule has 2 rings (SSSR count). The van der Waals surface area contributed by atoms with Crippen molar-refractivity contribution in [1.82, 2.24) is 0 Å². The number of carbonyl (C=O) groups is 2. The summed E-state index contributed by atoms with van der Waals surface area (Å²) in [5.74, 6) is -0.834. The first-order valence-electron chi connectivity index (χ1n) is 5.90. The summed E-state index contributed by atoms with van der Waals surface area (Å²) in [5, 5.41) is 4.96. The molecule has 0 radical (unpaired) electrons. The number of anilines is 2. The lowest BCUT2D eigenvalue weighted by molar-refractivity contribution is -0.114. The maximum Gasteiger partial charge on any atom is 0.259 e. The predicted molar refractivity (Wildman–Crippen MR) is 72.1 cm³/mol. The Hall–Kier alpha value is -2.63. The van der Waals surface area contributed by atoms with Crippen LogP contribution in [-0.4, -0.2) is 11.8 Å². The van der Waals surface area contributed by atoms with Gasteiger partial charge in [-0.3, -0.25) is 9.59 Å². The van der Waals surface area contributed by atoms with Gasteiger partial charge in [0.25, 0.3) is 5.91 Å². The highest BCUT2D eigenvalue weighted by atomic mass is 19.1. The molecule has 0 unspecified atom stereocenters. The van der Waals surface area contributed by atoms with E-state index < -0.39 is 11.7 Å². The molecule has 104 valence electrons. The summed E-state index contributed by atoms with van der Waals surface area (Å²) in [7, 11) is 0. The molecule has 2 aromatic rings. The van der Waals surface area contributed by atoms with Crippen LogP contribution in [0.4, 0.5) is 15.8 Å². The number of amides is 2. The third-order valence-electron chi connectivity index (χ3n) is 2.64. The molecular formula is C14H13FN2O3. The maximum atomic E-state index is 13.5. The number of nitrogens with one attached hydrogen (secondary N) is 2. The van der Waals surface area contributed by atoms with Gasteiger partial charge < -0.3 is 15.1 Å². The first kappa shape index (κ1) is 13.8. The molecule has 1 aromatic heterocycles. The van der Waals surface area contributed by atoms with Gasteiger partial charge in [-0.1, -0.05) is 0 Å². The summed E-state index contributed by atoms with van der Waals surface area (Å²) in [6.07, 6.45) is 1.41. The van der Waals surface area contributed by atoms with Gasteiger partial charge in [0.2, 0.25) is 5.91 Å². The fourth-order valence-electron chi connectivity index (χ4n) is 1.71. The van der Waals surface area contributed by atoms with E-state index in [9.17, 15) is 14.0 Å². The lowest BCUT2D eigenvalue weighted by atomic mass is 10.2. The molecule has 0 saturated carbocycles. The minimum Gasteiger partial charge on any atom is -0.469 e. The number of halogens is 1. The van der Waals surface area contributed by atoms with Crippen LogP contribution in [0.5, 0.6) is 0 Å². The molecule has 0 aliphatic heterocycles. The number of hydrogen-bond donors (Lipinski definition) is 2. The van der Waals surface area contributed by atoms with Crippen molar-refractivity contribution in [2.75, 3.05) is 10.6 Å². The van der Waals surface area contributed by atoms with E-state index in [2.05, 4.69) is 10.6 Å². The monoisotopic (exact) mass is 276 g/mol. The average Bonchev–Trinajstić information content (AvgIpc) is 2.79. The second kappa shape index (κ2) is 5.56. The number of benzene rings is 1. The third-order valence-corrected chi connectivity index (χ3v) is 2.64. The second-order valence-electron chi connectivity index (χ2n) is 4.22. The van der Waals surface area contributed by atoms with Crippen LogP contribution in [-0.2, 0) is 4.79 Å². The van der Waals surface area contributed by atoms with E-state index in [4.69, 9.17) is 4.42 Å². The summed E-state index contributed by atoms with van der Waals surface area (Å²) >= 11 is 0. The standard InChI is InChI=1S/C14H13FN2O3/c1-8-11(5-6-20-8)14(19)17-10-3-4-12(15)13(7-10)16-9(2)18/h3-7H,1-2H3,(H,16,18)(H,17,19). The van der Waals surface area contributed by atoms with E-state index in [0.29, 0.717) is 17.0 Å². The lowest BCUT2D eigenvalue weighted by Crippen LogP contribution is -2.13. The van der Waals surface area contributed by atoms with Crippen LogP contribution in [0.3, 0.4) is 0 Å².